The first-order chi connectivity index (χ1) is 12.2. The predicted octanol–water partition coefficient (Wildman–Crippen LogP) is 5.32. The smallest absolute Gasteiger partial charge is 0.128 e. The average Bonchev–Trinajstić information content (AvgIpc) is 3.08. The van der Waals surface area contributed by atoms with E-state index in [-0.39, 0.29) is 17.7 Å². The summed E-state index contributed by atoms with van der Waals surface area (Å²) in [6, 6.07) is 22.5. The van der Waals surface area contributed by atoms with E-state index >= 15 is 0 Å². The highest BCUT2D eigenvalue weighted by atomic mass is 19.1. The van der Waals surface area contributed by atoms with E-state index in [2.05, 4.69) is 0 Å². The largest absolute Gasteiger partial charge is 0.257 e. The van der Waals surface area contributed by atoms with Crippen LogP contribution in [0.1, 0.15) is 23.6 Å². The van der Waals surface area contributed by atoms with Gasteiger partial charge in [0.05, 0.1) is 17.4 Å². The van der Waals surface area contributed by atoms with Gasteiger partial charge in [0.1, 0.15) is 11.6 Å². The van der Waals surface area contributed by atoms with Gasteiger partial charge in [-0.2, -0.15) is 5.10 Å². The standard InChI is InChI=1S/C21H16F2N2/c22-16-12-10-15(11-13-16)20-14-21(18-8-4-5-9-19(18)23)25(24-20)17-6-2-1-3-7-17/h1-13,21H,14H2/t21-/m0/s1. The fourth-order valence-corrected chi connectivity index (χ4v) is 3.13. The quantitative estimate of drug-likeness (QED) is 0.633. The number of hydrazone groups is 1. The average molecular weight is 334 g/mol. The lowest BCUT2D eigenvalue weighted by atomic mass is 9.98. The molecule has 0 saturated carbocycles. The van der Waals surface area contributed by atoms with E-state index in [1.54, 1.807) is 24.3 Å². The van der Waals surface area contributed by atoms with Crippen molar-refractivity contribution in [3.8, 4) is 0 Å². The molecule has 0 N–H and O–H groups in total. The van der Waals surface area contributed by atoms with Gasteiger partial charge in [0, 0.05) is 12.0 Å². The SMILES string of the molecule is Fc1ccc(C2=NN(c3ccccc3)[C@H](c3ccccc3F)C2)cc1. The van der Waals surface area contributed by atoms with Crippen LogP contribution in [0.5, 0.6) is 0 Å². The van der Waals surface area contributed by atoms with Crippen LogP contribution in [0.3, 0.4) is 0 Å². The van der Waals surface area contributed by atoms with Crippen LogP contribution >= 0.6 is 0 Å². The number of anilines is 1. The monoisotopic (exact) mass is 334 g/mol. The van der Waals surface area contributed by atoms with E-state index in [0.717, 1.165) is 17.0 Å². The fourth-order valence-electron chi connectivity index (χ4n) is 3.13. The van der Waals surface area contributed by atoms with E-state index in [0.29, 0.717) is 12.0 Å². The van der Waals surface area contributed by atoms with Gasteiger partial charge < -0.3 is 0 Å². The van der Waals surface area contributed by atoms with Gasteiger partial charge in [-0.15, -0.1) is 0 Å². The topological polar surface area (TPSA) is 15.6 Å². The maximum absolute atomic E-state index is 14.4. The molecule has 0 radical (unpaired) electrons. The van der Waals surface area contributed by atoms with E-state index in [9.17, 15) is 8.78 Å². The molecule has 1 aliphatic heterocycles. The van der Waals surface area contributed by atoms with Crippen LogP contribution in [0.2, 0.25) is 0 Å². The van der Waals surface area contributed by atoms with Crippen LogP contribution in [-0.2, 0) is 0 Å². The van der Waals surface area contributed by atoms with Crippen molar-refractivity contribution in [2.24, 2.45) is 5.10 Å². The minimum atomic E-state index is -0.284. The van der Waals surface area contributed by atoms with Crippen LogP contribution in [0, 0.1) is 11.6 Å². The lowest BCUT2D eigenvalue weighted by Crippen LogP contribution is -2.19. The van der Waals surface area contributed by atoms with Gasteiger partial charge in [-0.3, -0.25) is 5.01 Å². The highest BCUT2D eigenvalue weighted by Crippen LogP contribution is 2.37. The molecule has 1 heterocycles. The summed E-state index contributed by atoms with van der Waals surface area (Å²) < 4.78 is 27.6. The summed E-state index contributed by atoms with van der Waals surface area (Å²) in [6.07, 6.45) is 0.557. The Hall–Kier alpha value is -3.01. The molecule has 124 valence electrons. The molecule has 0 amide bonds. The molecular weight excluding hydrogens is 318 g/mol. The van der Waals surface area contributed by atoms with Gasteiger partial charge in [-0.25, -0.2) is 8.78 Å². The van der Waals surface area contributed by atoms with Crippen LogP contribution in [0.25, 0.3) is 0 Å². The summed E-state index contributed by atoms with van der Waals surface area (Å²) in [6.45, 7) is 0. The number of hydrogen-bond acceptors (Lipinski definition) is 2. The molecule has 4 rings (SSSR count). The lowest BCUT2D eigenvalue weighted by molar-refractivity contribution is 0.579. The van der Waals surface area contributed by atoms with Crippen molar-refractivity contribution >= 4 is 11.4 Å². The van der Waals surface area contributed by atoms with Crippen molar-refractivity contribution in [3.05, 3.63) is 102 Å². The molecule has 2 nitrogen and oxygen atoms in total. The number of nitrogens with zero attached hydrogens (tertiary/aromatic N) is 2. The summed E-state index contributed by atoms with van der Waals surface area (Å²) in [7, 11) is 0. The third-order valence-electron chi connectivity index (χ3n) is 4.37. The minimum Gasteiger partial charge on any atom is -0.257 e. The summed E-state index contributed by atoms with van der Waals surface area (Å²) in [4.78, 5) is 0. The Balaban J connectivity index is 1.77. The second-order valence-electron chi connectivity index (χ2n) is 5.98. The van der Waals surface area contributed by atoms with Crippen molar-refractivity contribution in [2.75, 3.05) is 5.01 Å². The molecule has 0 spiro atoms. The molecule has 0 fully saturated rings. The molecule has 1 aliphatic rings. The molecule has 3 aromatic rings. The second kappa shape index (κ2) is 6.48. The van der Waals surface area contributed by atoms with Crippen LogP contribution in [0.4, 0.5) is 14.5 Å². The zero-order valence-electron chi connectivity index (χ0n) is 13.4. The van der Waals surface area contributed by atoms with E-state index in [1.165, 1.54) is 18.2 Å². The Kier molecular flexibility index (Phi) is 4.02. The predicted molar refractivity (Wildman–Crippen MR) is 95.6 cm³/mol. The summed E-state index contributed by atoms with van der Waals surface area (Å²) in [5, 5.41) is 6.56. The van der Waals surface area contributed by atoms with Gasteiger partial charge in [-0.1, -0.05) is 48.5 Å². The van der Waals surface area contributed by atoms with Gasteiger partial charge in [-0.05, 0) is 35.9 Å². The first-order valence-corrected chi connectivity index (χ1v) is 8.14. The van der Waals surface area contributed by atoms with Crippen molar-refractivity contribution in [1.82, 2.24) is 0 Å². The number of hydrogen-bond donors (Lipinski definition) is 0. The van der Waals surface area contributed by atoms with E-state index < -0.39 is 0 Å². The Morgan fingerprint density at radius 1 is 0.800 bits per heavy atom. The number of halogens is 2. The Morgan fingerprint density at radius 3 is 2.20 bits per heavy atom. The molecule has 1 atom stereocenters. The second-order valence-corrected chi connectivity index (χ2v) is 5.98. The minimum absolute atomic E-state index is 0.233. The molecule has 0 bridgehead atoms. The third-order valence-corrected chi connectivity index (χ3v) is 4.37. The van der Waals surface area contributed by atoms with Crippen LogP contribution < -0.4 is 5.01 Å². The maximum atomic E-state index is 14.4. The molecule has 25 heavy (non-hydrogen) atoms. The van der Waals surface area contributed by atoms with Crippen molar-refractivity contribution < 1.29 is 8.78 Å². The fraction of sp³-hybridized carbons (Fsp3) is 0.0952. The molecule has 3 aromatic carbocycles. The number of rotatable bonds is 3. The van der Waals surface area contributed by atoms with Crippen molar-refractivity contribution in [3.63, 3.8) is 0 Å². The highest BCUT2D eigenvalue weighted by Gasteiger charge is 2.31. The summed E-state index contributed by atoms with van der Waals surface area (Å²) in [5.41, 5.74) is 3.17. The highest BCUT2D eigenvalue weighted by molar-refractivity contribution is 6.03. The Labute approximate surface area is 145 Å². The molecule has 4 heteroatoms. The lowest BCUT2D eigenvalue weighted by Gasteiger charge is -2.24. The first-order valence-electron chi connectivity index (χ1n) is 8.14. The zero-order chi connectivity index (χ0) is 17.2. The molecule has 0 unspecified atom stereocenters. The molecule has 0 aliphatic carbocycles. The van der Waals surface area contributed by atoms with Gasteiger partial charge >= 0.3 is 0 Å². The van der Waals surface area contributed by atoms with Gasteiger partial charge in [0.25, 0.3) is 0 Å². The van der Waals surface area contributed by atoms with Gasteiger partial charge in [0.2, 0.25) is 0 Å². The normalized spacial score (nSPS) is 16.8. The molecule has 0 aromatic heterocycles. The first kappa shape index (κ1) is 15.5. The Bertz CT molecular complexity index is 905. The number of benzene rings is 3. The zero-order valence-corrected chi connectivity index (χ0v) is 13.4. The summed E-state index contributed by atoms with van der Waals surface area (Å²) >= 11 is 0. The van der Waals surface area contributed by atoms with E-state index in [1.807, 2.05) is 41.4 Å². The van der Waals surface area contributed by atoms with Crippen molar-refractivity contribution in [1.29, 1.82) is 0 Å². The Morgan fingerprint density at radius 2 is 1.48 bits per heavy atom. The van der Waals surface area contributed by atoms with E-state index in [4.69, 9.17) is 5.10 Å². The summed E-state index contributed by atoms with van der Waals surface area (Å²) in [5.74, 6) is -0.531. The maximum Gasteiger partial charge on any atom is 0.128 e. The van der Waals surface area contributed by atoms with Crippen molar-refractivity contribution in [2.45, 2.75) is 12.5 Å². The van der Waals surface area contributed by atoms with Crippen LogP contribution in [-0.4, -0.2) is 5.71 Å². The number of para-hydroxylation sites is 1. The molecule has 0 saturated heterocycles. The molecular formula is C21H16F2N2. The van der Waals surface area contributed by atoms with Gasteiger partial charge in [0.15, 0.2) is 0 Å². The van der Waals surface area contributed by atoms with Crippen LogP contribution in [0.15, 0.2) is 84.0 Å². The third kappa shape index (κ3) is 3.03.